The second-order valence-corrected chi connectivity index (χ2v) is 6.57. The van der Waals surface area contributed by atoms with Crippen LogP contribution in [0, 0.1) is 0 Å². The number of aliphatic hydroxyl groups excluding tert-OH is 1. The van der Waals surface area contributed by atoms with Gasteiger partial charge in [0.25, 0.3) is 5.91 Å². The topological polar surface area (TPSA) is 65.0 Å². The number of ether oxygens (including phenoxy) is 1. The number of amides is 1. The Balaban J connectivity index is 1.42. The zero-order valence-corrected chi connectivity index (χ0v) is 14.1. The maximum Gasteiger partial charge on any atom is 0.251 e. The van der Waals surface area contributed by atoms with E-state index in [1.807, 2.05) is 12.1 Å². The van der Waals surface area contributed by atoms with Crippen molar-refractivity contribution in [2.45, 2.75) is 19.1 Å². The summed E-state index contributed by atoms with van der Waals surface area (Å²) >= 11 is 0. The first kappa shape index (κ1) is 17.4. The minimum atomic E-state index is -0.0506. The lowest BCUT2D eigenvalue weighted by Gasteiger charge is -2.28. The fourth-order valence-electron chi connectivity index (χ4n) is 3.34. The van der Waals surface area contributed by atoms with Crippen LogP contribution in [0.1, 0.15) is 22.3 Å². The van der Waals surface area contributed by atoms with Crippen molar-refractivity contribution < 1.29 is 14.6 Å². The van der Waals surface area contributed by atoms with Crippen molar-refractivity contribution in [3.8, 4) is 0 Å². The van der Waals surface area contributed by atoms with Crippen LogP contribution in [0.5, 0.6) is 0 Å². The number of hydrogen-bond acceptors (Lipinski definition) is 5. The summed E-state index contributed by atoms with van der Waals surface area (Å²) in [5.41, 5.74) is 1.38. The van der Waals surface area contributed by atoms with Gasteiger partial charge in [-0.1, -0.05) is 12.1 Å². The Morgan fingerprint density at radius 3 is 2.79 bits per heavy atom. The van der Waals surface area contributed by atoms with E-state index in [9.17, 15) is 9.90 Å². The van der Waals surface area contributed by atoms with Gasteiger partial charge in [0.15, 0.2) is 0 Å². The van der Waals surface area contributed by atoms with Crippen molar-refractivity contribution >= 4 is 5.91 Å². The molecule has 2 aliphatic heterocycles. The molecule has 1 aromatic carbocycles. The third-order valence-electron chi connectivity index (χ3n) is 4.82. The van der Waals surface area contributed by atoms with E-state index in [4.69, 9.17) is 4.74 Å². The van der Waals surface area contributed by atoms with Gasteiger partial charge in [-0.05, 0) is 24.1 Å². The molecule has 6 nitrogen and oxygen atoms in total. The quantitative estimate of drug-likeness (QED) is 0.785. The molecule has 2 heterocycles. The molecule has 0 spiro atoms. The number of benzene rings is 1. The molecule has 3 rings (SSSR count). The summed E-state index contributed by atoms with van der Waals surface area (Å²) in [4.78, 5) is 17.2. The zero-order valence-electron chi connectivity index (χ0n) is 14.1. The third kappa shape index (κ3) is 4.77. The fourth-order valence-corrected chi connectivity index (χ4v) is 3.34. The van der Waals surface area contributed by atoms with Crippen LogP contribution in [0.4, 0.5) is 0 Å². The van der Waals surface area contributed by atoms with Gasteiger partial charge in [-0.3, -0.25) is 14.6 Å². The van der Waals surface area contributed by atoms with Crippen LogP contribution < -0.4 is 5.32 Å². The summed E-state index contributed by atoms with van der Waals surface area (Å²) in [6.07, 6.45) is 0.995. The van der Waals surface area contributed by atoms with Crippen LogP contribution in [0.3, 0.4) is 0 Å². The summed E-state index contributed by atoms with van der Waals surface area (Å²) in [7, 11) is 0. The Hall–Kier alpha value is -1.47. The van der Waals surface area contributed by atoms with E-state index in [0.29, 0.717) is 5.56 Å². The Kier molecular flexibility index (Phi) is 6.20. The molecular weight excluding hydrogens is 306 g/mol. The Labute approximate surface area is 143 Å². The number of rotatable bonds is 6. The number of aliphatic hydroxyl groups is 1. The molecule has 0 aliphatic carbocycles. The second kappa shape index (κ2) is 8.58. The van der Waals surface area contributed by atoms with E-state index in [-0.39, 0.29) is 18.6 Å². The van der Waals surface area contributed by atoms with Crippen LogP contribution in [-0.4, -0.2) is 79.3 Å². The number of likely N-dealkylation sites (tertiary alicyclic amines) is 1. The van der Waals surface area contributed by atoms with Crippen molar-refractivity contribution in [3.05, 3.63) is 35.4 Å². The van der Waals surface area contributed by atoms with Crippen LogP contribution in [0.25, 0.3) is 0 Å². The number of morpholine rings is 1. The molecule has 1 amide bonds. The Morgan fingerprint density at radius 1 is 1.21 bits per heavy atom. The van der Waals surface area contributed by atoms with Crippen molar-refractivity contribution in [1.29, 1.82) is 0 Å². The molecule has 2 aliphatic rings. The van der Waals surface area contributed by atoms with Gasteiger partial charge in [0.05, 0.1) is 19.8 Å². The average molecular weight is 333 g/mol. The lowest BCUT2D eigenvalue weighted by molar-refractivity contribution is 0.0343. The minimum Gasteiger partial charge on any atom is -0.392 e. The predicted molar refractivity (Wildman–Crippen MR) is 91.9 cm³/mol. The fraction of sp³-hybridized carbons (Fsp3) is 0.611. The van der Waals surface area contributed by atoms with Crippen LogP contribution in [0.2, 0.25) is 0 Å². The molecule has 1 aromatic rings. The van der Waals surface area contributed by atoms with Gasteiger partial charge in [-0.25, -0.2) is 0 Å². The number of nitrogens with one attached hydrogen (secondary N) is 1. The van der Waals surface area contributed by atoms with Gasteiger partial charge >= 0.3 is 0 Å². The lowest BCUT2D eigenvalue weighted by Crippen LogP contribution is -2.42. The number of carbonyl (C=O) groups excluding carboxylic acids is 1. The highest BCUT2D eigenvalue weighted by atomic mass is 16.5. The first-order valence-electron chi connectivity index (χ1n) is 8.78. The molecule has 0 bridgehead atoms. The van der Waals surface area contributed by atoms with Gasteiger partial charge in [0.1, 0.15) is 0 Å². The van der Waals surface area contributed by atoms with E-state index in [1.165, 1.54) is 0 Å². The largest absolute Gasteiger partial charge is 0.392 e. The Morgan fingerprint density at radius 2 is 2.00 bits per heavy atom. The maximum absolute atomic E-state index is 12.3. The standard InChI is InChI=1S/C18H27N3O3/c22-14-15-2-1-3-16(12-15)18(23)19-17-4-5-21(13-17)7-6-20-8-10-24-11-9-20/h1-3,12,17,22H,4-11,13-14H2,(H,19,23). The number of carbonyl (C=O) groups is 1. The molecular formula is C18H27N3O3. The van der Waals surface area contributed by atoms with E-state index in [2.05, 4.69) is 15.1 Å². The summed E-state index contributed by atoms with van der Waals surface area (Å²) in [6, 6.07) is 7.38. The molecule has 132 valence electrons. The second-order valence-electron chi connectivity index (χ2n) is 6.57. The number of hydrogen-bond donors (Lipinski definition) is 2. The van der Waals surface area contributed by atoms with E-state index in [1.54, 1.807) is 12.1 Å². The predicted octanol–water partition coefficient (Wildman–Crippen LogP) is 0.315. The molecule has 1 atom stereocenters. The van der Waals surface area contributed by atoms with Crippen molar-refractivity contribution in [3.63, 3.8) is 0 Å². The van der Waals surface area contributed by atoms with Crippen LogP contribution in [-0.2, 0) is 11.3 Å². The molecule has 2 N–H and O–H groups in total. The third-order valence-corrected chi connectivity index (χ3v) is 4.82. The lowest BCUT2D eigenvalue weighted by atomic mass is 10.1. The molecule has 0 aromatic heterocycles. The molecule has 6 heteroatoms. The van der Waals surface area contributed by atoms with Crippen molar-refractivity contribution in [2.24, 2.45) is 0 Å². The highest BCUT2D eigenvalue weighted by Crippen LogP contribution is 2.11. The van der Waals surface area contributed by atoms with Gasteiger partial charge in [-0.2, -0.15) is 0 Å². The van der Waals surface area contributed by atoms with Crippen molar-refractivity contribution in [2.75, 3.05) is 52.5 Å². The van der Waals surface area contributed by atoms with Crippen LogP contribution >= 0.6 is 0 Å². The van der Waals surface area contributed by atoms with Gasteiger partial charge < -0.3 is 15.2 Å². The summed E-state index contributed by atoms with van der Waals surface area (Å²) < 4.78 is 5.37. The minimum absolute atomic E-state index is 0.0418. The van der Waals surface area contributed by atoms with E-state index < -0.39 is 0 Å². The molecule has 0 radical (unpaired) electrons. The highest BCUT2D eigenvalue weighted by Gasteiger charge is 2.24. The zero-order chi connectivity index (χ0) is 16.8. The molecule has 2 saturated heterocycles. The summed E-state index contributed by atoms with van der Waals surface area (Å²) in [6.45, 7) is 7.75. The Bertz CT molecular complexity index is 546. The molecule has 1 unspecified atom stereocenters. The van der Waals surface area contributed by atoms with E-state index in [0.717, 1.165) is 64.5 Å². The van der Waals surface area contributed by atoms with Crippen LogP contribution in [0.15, 0.2) is 24.3 Å². The number of nitrogens with zero attached hydrogens (tertiary/aromatic N) is 2. The maximum atomic E-state index is 12.3. The molecule has 0 saturated carbocycles. The van der Waals surface area contributed by atoms with Gasteiger partial charge in [-0.15, -0.1) is 0 Å². The first-order valence-corrected chi connectivity index (χ1v) is 8.78. The summed E-state index contributed by atoms with van der Waals surface area (Å²) in [5.74, 6) is -0.0506. The molecule has 2 fully saturated rings. The van der Waals surface area contributed by atoms with Gasteiger partial charge in [0, 0.05) is 50.9 Å². The van der Waals surface area contributed by atoms with Gasteiger partial charge in [0.2, 0.25) is 0 Å². The highest BCUT2D eigenvalue weighted by molar-refractivity contribution is 5.94. The molecule has 24 heavy (non-hydrogen) atoms. The monoisotopic (exact) mass is 333 g/mol. The summed E-state index contributed by atoms with van der Waals surface area (Å²) in [5, 5.41) is 12.3. The normalized spacial score (nSPS) is 22.6. The first-order chi connectivity index (χ1) is 11.7. The average Bonchev–Trinajstić information content (AvgIpc) is 3.08. The smallest absolute Gasteiger partial charge is 0.251 e. The SMILES string of the molecule is O=C(NC1CCN(CCN2CCOCC2)C1)c1cccc(CO)c1. The van der Waals surface area contributed by atoms with E-state index >= 15 is 0 Å². The van der Waals surface area contributed by atoms with Crippen molar-refractivity contribution in [1.82, 2.24) is 15.1 Å².